The summed E-state index contributed by atoms with van der Waals surface area (Å²) in [5.41, 5.74) is 1.41. The van der Waals surface area contributed by atoms with Gasteiger partial charge in [0.25, 0.3) is 0 Å². The minimum absolute atomic E-state index is 0.0295. The van der Waals surface area contributed by atoms with Gasteiger partial charge in [0.1, 0.15) is 0 Å². The number of allylic oxidation sites excluding steroid dienone is 3. The van der Waals surface area contributed by atoms with Crippen LogP contribution >= 0.6 is 21.0 Å². The monoisotopic (exact) mass is 221 g/mol. The maximum Gasteiger partial charge on any atom is 0.0332 e. The Bertz CT molecular complexity index is 157. The van der Waals surface area contributed by atoms with Gasteiger partial charge in [0, 0.05) is 30.8 Å². The van der Waals surface area contributed by atoms with Crippen LogP contribution in [0.1, 0.15) is 13.8 Å². The van der Waals surface area contributed by atoms with E-state index in [4.69, 9.17) is 0 Å². The van der Waals surface area contributed by atoms with Crippen LogP contribution in [0.4, 0.5) is 0 Å². The van der Waals surface area contributed by atoms with E-state index in [0.717, 1.165) is 0 Å². The molecule has 0 amide bonds. The minimum Gasteiger partial charge on any atom is -0.230 e. The lowest BCUT2D eigenvalue weighted by atomic mass is 10.3. The highest BCUT2D eigenvalue weighted by atomic mass is 127. The van der Waals surface area contributed by atoms with Gasteiger partial charge in [0.2, 0.25) is 0 Å². The van der Waals surface area contributed by atoms with E-state index in [-0.39, 0.29) is 21.0 Å². The molecule has 1 nitrogen and oxygen atoms in total. The first-order valence-corrected chi connectivity index (χ1v) is 4.53. The normalized spacial score (nSPS) is 18.8. The van der Waals surface area contributed by atoms with Crippen molar-refractivity contribution in [2.45, 2.75) is 13.8 Å². The van der Waals surface area contributed by atoms with Crippen LogP contribution in [0.3, 0.4) is 0 Å². The maximum absolute atomic E-state index is 4.18. The Morgan fingerprint density at radius 3 is 2.62 bits per heavy atom. The fourth-order valence-electron chi connectivity index (χ4n) is 0.423. The molecule has 0 atom stereocenters. The molecule has 0 spiro atoms. The third-order valence-corrected chi connectivity index (χ3v) is 3.27. The molecule has 1 heterocycles. The SMILES string of the molecule is CC1=C(C)I=NC=C1. The number of hydrogen-bond donors (Lipinski definition) is 0. The summed E-state index contributed by atoms with van der Waals surface area (Å²) in [7, 11) is 0. The summed E-state index contributed by atoms with van der Waals surface area (Å²) in [6, 6.07) is 0. The quantitative estimate of drug-likeness (QED) is 0.557. The second-order valence-corrected chi connectivity index (χ2v) is 4.37. The van der Waals surface area contributed by atoms with Crippen LogP contribution in [-0.4, -0.2) is 0 Å². The molecule has 0 aromatic heterocycles. The molecule has 8 heavy (non-hydrogen) atoms. The smallest absolute Gasteiger partial charge is 0.0332 e. The summed E-state index contributed by atoms with van der Waals surface area (Å²) in [6.45, 7) is 4.30. The van der Waals surface area contributed by atoms with Gasteiger partial charge in [-0.2, -0.15) is 0 Å². The lowest BCUT2D eigenvalue weighted by Gasteiger charge is -1.97. The molecule has 0 fully saturated rings. The van der Waals surface area contributed by atoms with Gasteiger partial charge in [-0.3, -0.25) is 0 Å². The molecule has 0 saturated carbocycles. The van der Waals surface area contributed by atoms with Crippen molar-refractivity contribution in [1.82, 2.24) is 0 Å². The molecule has 2 heteroatoms. The summed E-state index contributed by atoms with van der Waals surface area (Å²) in [5.74, 6) is 0. The average Bonchev–Trinajstić information content (AvgIpc) is 1.77. The van der Waals surface area contributed by atoms with E-state index in [2.05, 4.69) is 23.1 Å². The van der Waals surface area contributed by atoms with Crippen LogP contribution in [-0.2, 0) is 0 Å². The zero-order chi connectivity index (χ0) is 5.98. The van der Waals surface area contributed by atoms with Crippen LogP contribution in [0.25, 0.3) is 0 Å². The molecule has 0 saturated heterocycles. The van der Waals surface area contributed by atoms with Crippen molar-refractivity contribution in [3.05, 3.63) is 21.4 Å². The van der Waals surface area contributed by atoms with Gasteiger partial charge in [0.05, 0.1) is 0 Å². The van der Waals surface area contributed by atoms with Crippen molar-refractivity contribution in [3.63, 3.8) is 0 Å². The first-order chi connectivity index (χ1) is 3.80. The largest absolute Gasteiger partial charge is 0.230 e. The van der Waals surface area contributed by atoms with E-state index in [1.54, 1.807) is 0 Å². The van der Waals surface area contributed by atoms with Crippen molar-refractivity contribution in [2.75, 3.05) is 0 Å². The maximum atomic E-state index is 4.18. The third kappa shape index (κ3) is 1.24. The number of nitrogens with zero attached hydrogens (tertiary/aromatic N) is 1. The molecule has 0 unspecified atom stereocenters. The first kappa shape index (κ1) is 6.13. The Morgan fingerprint density at radius 2 is 2.25 bits per heavy atom. The van der Waals surface area contributed by atoms with Crippen molar-refractivity contribution >= 4 is 21.0 Å². The van der Waals surface area contributed by atoms with Crippen molar-refractivity contribution in [1.29, 1.82) is 0 Å². The highest BCUT2D eigenvalue weighted by molar-refractivity contribution is 14.2. The molecule has 0 aliphatic carbocycles. The van der Waals surface area contributed by atoms with Crippen molar-refractivity contribution in [3.8, 4) is 0 Å². The second kappa shape index (κ2) is 2.53. The van der Waals surface area contributed by atoms with Crippen molar-refractivity contribution < 1.29 is 0 Å². The van der Waals surface area contributed by atoms with Crippen LogP contribution in [0.2, 0.25) is 0 Å². The third-order valence-electron chi connectivity index (χ3n) is 1.10. The molecular formula is C6H8IN. The van der Waals surface area contributed by atoms with Crippen LogP contribution in [0.15, 0.2) is 24.6 Å². The molecular weight excluding hydrogens is 213 g/mol. The Kier molecular flexibility index (Phi) is 1.94. The molecule has 0 N–H and O–H groups in total. The summed E-state index contributed by atoms with van der Waals surface area (Å²) in [6.07, 6.45) is 3.98. The predicted octanol–water partition coefficient (Wildman–Crippen LogP) is 2.96. The highest BCUT2D eigenvalue weighted by Gasteiger charge is 1.91. The molecule has 44 valence electrons. The van der Waals surface area contributed by atoms with Crippen LogP contribution in [0, 0.1) is 0 Å². The van der Waals surface area contributed by atoms with Crippen LogP contribution in [0.5, 0.6) is 0 Å². The first-order valence-electron chi connectivity index (χ1n) is 2.49. The lowest BCUT2D eigenvalue weighted by molar-refractivity contribution is 1.44. The van der Waals surface area contributed by atoms with Gasteiger partial charge < -0.3 is 0 Å². The van der Waals surface area contributed by atoms with E-state index in [1.807, 2.05) is 6.20 Å². The molecule has 0 radical (unpaired) electrons. The fourth-order valence-corrected chi connectivity index (χ4v) is 1.72. The van der Waals surface area contributed by atoms with Gasteiger partial charge in [-0.15, -0.1) is 0 Å². The Labute approximate surface area is 59.6 Å². The van der Waals surface area contributed by atoms with Gasteiger partial charge in [-0.25, -0.2) is 3.15 Å². The lowest BCUT2D eigenvalue weighted by Crippen LogP contribution is -1.72. The summed E-state index contributed by atoms with van der Waals surface area (Å²) in [5, 5.41) is 0. The predicted molar refractivity (Wildman–Crippen MR) is 44.0 cm³/mol. The van der Waals surface area contributed by atoms with E-state index in [1.165, 1.54) is 9.15 Å². The van der Waals surface area contributed by atoms with Gasteiger partial charge in [-0.1, -0.05) is 0 Å². The molecule has 0 aromatic carbocycles. The number of hydrogen-bond acceptors (Lipinski definition) is 1. The van der Waals surface area contributed by atoms with E-state index < -0.39 is 0 Å². The summed E-state index contributed by atoms with van der Waals surface area (Å²) < 4.78 is 5.67. The Balaban J connectivity index is 2.97. The minimum atomic E-state index is 0.0295. The Morgan fingerprint density at radius 1 is 1.50 bits per heavy atom. The average molecular weight is 221 g/mol. The zero-order valence-corrected chi connectivity index (χ0v) is 7.14. The fraction of sp³-hybridized carbons (Fsp3) is 0.333. The summed E-state index contributed by atoms with van der Waals surface area (Å²) in [4.78, 5) is 0. The second-order valence-electron chi connectivity index (χ2n) is 1.71. The number of halogens is 1. The number of rotatable bonds is 0. The van der Waals surface area contributed by atoms with Gasteiger partial charge in [-0.05, 0) is 25.5 Å². The van der Waals surface area contributed by atoms with Crippen LogP contribution < -0.4 is 0 Å². The van der Waals surface area contributed by atoms with Gasteiger partial charge in [0.15, 0.2) is 0 Å². The van der Waals surface area contributed by atoms with E-state index in [0.29, 0.717) is 0 Å². The van der Waals surface area contributed by atoms with E-state index in [9.17, 15) is 0 Å². The molecule has 0 aromatic rings. The topological polar surface area (TPSA) is 12.4 Å². The Hall–Kier alpha value is 0.01000. The summed E-state index contributed by atoms with van der Waals surface area (Å²) >= 11 is 0.0295. The molecule has 0 bridgehead atoms. The highest BCUT2D eigenvalue weighted by Crippen LogP contribution is 2.24. The van der Waals surface area contributed by atoms with E-state index >= 15 is 0 Å². The molecule has 1 rings (SSSR count). The standard InChI is InChI=1S/C6H8IN/c1-5-3-4-8-7-6(5)2/h3-4H,1-2H3. The van der Waals surface area contributed by atoms with Crippen molar-refractivity contribution in [2.24, 2.45) is 3.15 Å². The van der Waals surface area contributed by atoms with Gasteiger partial charge >= 0.3 is 0 Å². The molecule has 1 aliphatic heterocycles. The molecule has 1 aliphatic rings. The zero-order valence-electron chi connectivity index (χ0n) is 4.98.